The summed E-state index contributed by atoms with van der Waals surface area (Å²) in [4.78, 5) is 12.6. The molecule has 1 N–H and O–H groups in total. The molecule has 5 aromatic carbocycles. The molecule has 0 radical (unpaired) electrons. The van der Waals surface area contributed by atoms with Gasteiger partial charge < -0.3 is 9.47 Å². The van der Waals surface area contributed by atoms with Gasteiger partial charge in [0, 0.05) is 0 Å². The van der Waals surface area contributed by atoms with Crippen LogP contribution in [0.2, 0.25) is 0 Å². The summed E-state index contributed by atoms with van der Waals surface area (Å²) in [6, 6.07) is 31.0. The summed E-state index contributed by atoms with van der Waals surface area (Å²) >= 11 is 0. The SMILES string of the molecule is COC(=O)c1cc(OCc2ccc3ccccc3c2)ccc1NS(=O)(=O)c1ccc2ccccc2c1. The fraction of sp³-hybridized carbons (Fsp3) is 0.0690. The number of esters is 1. The highest BCUT2D eigenvalue weighted by molar-refractivity contribution is 7.92. The molecule has 5 rings (SSSR count). The second kappa shape index (κ2) is 9.71. The summed E-state index contributed by atoms with van der Waals surface area (Å²) in [7, 11) is -2.71. The van der Waals surface area contributed by atoms with E-state index >= 15 is 0 Å². The van der Waals surface area contributed by atoms with E-state index in [4.69, 9.17) is 9.47 Å². The number of hydrogen-bond acceptors (Lipinski definition) is 5. The summed E-state index contributed by atoms with van der Waals surface area (Å²) in [5.41, 5.74) is 1.13. The number of nitrogens with one attached hydrogen (secondary N) is 1. The van der Waals surface area contributed by atoms with Gasteiger partial charge in [-0.2, -0.15) is 0 Å². The molecule has 0 saturated heterocycles. The molecule has 5 aromatic rings. The molecule has 0 fully saturated rings. The van der Waals surface area contributed by atoms with E-state index in [0.29, 0.717) is 5.75 Å². The van der Waals surface area contributed by atoms with Gasteiger partial charge in [-0.05, 0) is 63.5 Å². The van der Waals surface area contributed by atoms with Crippen molar-refractivity contribution in [2.45, 2.75) is 11.5 Å². The molecule has 0 aliphatic heterocycles. The molecule has 180 valence electrons. The van der Waals surface area contributed by atoms with E-state index in [-0.39, 0.29) is 22.8 Å². The molecular formula is C29H23NO5S. The number of ether oxygens (including phenoxy) is 2. The maximum atomic E-state index is 13.1. The summed E-state index contributed by atoms with van der Waals surface area (Å²) in [6.07, 6.45) is 0. The second-order valence-corrected chi connectivity index (χ2v) is 9.97. The van der Waals surface area contributed by atoms with Crippen molar-refractivity contribution in [3.63, 3.8) is 0 Å². The minimum absolute atomic E-state index is 0.0536. The van der Waals surface area contributed by atoms with E-state index in [1.54, 1.807) is 18.2 Å². The van der Waals surface area contributed by atoms with Gasteiger partial charge in [-0.25, -0.2) is 13.2 Å². The first-order valence-electron chi connectivity index (χ1n) is 11.3. The number of carbonyl (C=O) groups is 1. The lowest BCUT2D eigenvalue weighted by Crippen LogP contribution is -2.16. The number of anilines is 1. The van der Waals surface area contributed by atoms with Gasteiger partial charge in [0.1, 0.15) is 12.4 Å². The van der Waals surface area contributed by atoms with Gasteiger partial charge in [0.15, 0.2) is 0 Å². The Hall–Kier alpha value is -4.36. The Bertz CT molecular complexity index is 1700. The zero-order chi connectivity index (χ0) is 25.1. The van der Waals surface area contributed by atoms with Crippen LogP contribution in [0.25, 0.3) is 21.5 Å². The fourth-order valence-corrected chi connectivity index (χ4v) is 5.13. The molecule has 0 aliphatic carbocycles. The predicted octanol–water partition coefficient (Wildman–Crippen LogP) is 6.16. The number of benzene rings is 5. The normalized spacial score (nSPS) is 11.4. The van der Waals surface area contributed by atoms with Crippen molar-refractivity contribution in [3.05, 3.63) is 114 Å². The van der Waals surface area contributed by atoms with Gasteiger partial charge in [-0.1, -0.05) is 66.7 Å². The van der Waals surface area contributed by atoms with Gasteiger partial charge in [0.25, 0.3) is 10.0 Å². The van der Waals surface area contributed by atoms with E-state index in [9.17, 15) is 13.2 Å². The highest BCUT2D eigenvalue weighted by atomic mass is 32.2. The van der Waals surface area contributed by atoms with Crippen molar-refractivity contribution in [3.8, 4) is 5.75 Å². The Morgan fingerprint density at radius 3 is 2.08 bits per heavy atom. The van der Waals surface area contributed by atoms with Gasteiger partial charge in [-0.3, -0.25) is 4.72 Å². The Labute approximate surface area is 209 Å². The van der Waals surface area contributed by atoms with Crippen LogP contribution in [0.15, 0.2) is 108 Å². The Morgan fingerprint density at radius 2 is 1.39 bits per heavy atom. The molecule has 0 unspecified atom stereocenters. The molecule has 0 bridgehead atoms. The van der Waals surface area contributed by atoms with E-state index in [1.807, 2.05) is 66.7 Å². The molecule has 0 aromatic heterocycles. The predicted molar refractivity (Wildman–Crippen MR) is 141 cm³/mol. The van der Waals surface area contributed by atoms with E-state index in [2.05, 4.69) is 4.72 Å². The number of methoxy groups -OCH3 is 1. The second-order valence-electron chi connectivity index (χ2n) is 8.28. The van der Waals surface area contributed by atoms with E-state index in [1.165, 1.54) is 25.3 Å². The number of rotatable bonds is 7. The first-order chi connectivity index (χ1) is 17.4. The summed E-state index contributed by atoms with van der Waals surface area (Å²) in [5, 5.41) is 3.97. The Morgan fingerprint density at radius 1 is 0.750 bits per heavy atom. The monoisotopic (exact) mass is 497 g/mol. The number of carbonyl (C=O) groups excluding carboxylic acids is 1. The van der Waals surface area contributed by atoms with Crippen LogP contribution in [-0.4, -0.2) is 21.5 Å². The molecule has 0 atom stereocenters. The van der Waals surface area contributed by atoms with Crippen molar-refractivity contribution in [2.75, 3.05) is 11.8 Å². The summed E-state index contributed by atoms with van der Waals surface area (Å²) < 4.78 is 39.6. The fourth-order valence-electron chi connectivity index (χ4n) is 4.01. The third-order valence-electron chi connectivity index (χ3n) is 5.89. The first kappa shape index (κ1) is 23.4. The molecule has 0 heterocycles. The number of fused-ring (bicyclic) bond motifs is 2. The molecule has 36 heavy (non-hydrogen) atoms. The first-order valence-corrected chi connectivity index (χ1v) is 12.8. The quantitative estimate of drug-likeness (QED) is 0.272. The Kier molecular flexibility index (Phi) is 6.31. The maximum absolute atomic E-state index is 13.1. The number of sulfonamides is 1. The van der Waals surface area contributed by atoms with Gasteiger partial charge in [0.2, 0.25) is 0 Å². The van der Waals surface area contributed by atoms with E-state index < -0.39 is 16.0 Å². The molecular weight excluding hydrogens is 474 g/mol. The maximum Gasteiger partial charge on any atom is 0.340 e. The Balaban J connectivity index is 1.39. The highest BCUT2D eigenvalue weighted by Gasteiger charge is 2.20. The smallest absolute Gasteiger partial charge is 0.340 e. The summed E-state index contributed by atoms with van der Waals surface area (Å²) in [5.74, 6) is -0.264. The molecule has 6 nitrogen and oxygen atoms in total. The van der Waals surface area contributed by atoms with Crippen LogP contribution in [0.3, 0.4) is 0 Å². The minimum Gasteiger partial charge on any atom is -0.489 e. The zero-order valence-corrected chi connectivity index (χ0v) is 20.3. The zero-order valence-electron chi connectivity index (χ0n) is 19.5. The lowest BCUT2D eigenvalue weighted by Gasteiger charge is -2.14. The average molecular weight is 498 g/mol. The van der Waals surface area contributed by atoms with Gasteiger partial charge in [-0.15, -0.1) is 0 Å². The number of hydrogen-bond donors (Lipinski definition) is 1. The van der Waals surface area contributed by atoms with Gasteiger partial charge in [0.05, 0.1) is 23.3 Å². The van der Waals surface area contributed by atoms with Crippen LogP contribution in [0.5, 0.6) is 5.75 Å². The average Bonchev–Trinajstić information content (AvgIpc) is 2.91. The molecule has 0 saturated carbocycles. The van der Waals surface area contributed by atoms with Gasteiger partial charge >= 0.3 is 5.97 Å². The van der Waals surface area contributed by atoms with Crippen molar-refractivity contribution >= 4 is 43.2 Å². The van der Waals surface area contributed by atoms with Crippen molar-refractivity contribution in [1.82, 2.24) is 0 Å². The lowest BCUT2D eigenvalue weighted by molar-refractivity contribution is 0.0601. The van der Waals surface area contributed by atoms with Crippen molar-refractivity contribution in [2.24, 2.45) is 0 Å². The summed E-state index contributed by atoms with van der Waals surface area (Å²) in [6.45, 7) is 0.285. The molecule has 0 aliphatic rings. The molecule has 7 heteroatoms. The standard InChI is InChI=1S/C29H23NO5S/c1-34-29(31)27-18-25(35-19-20-10-11-21-6-2-4-8-23(21)16-20)13-15-28(27)30-36(32,33)26-14-12-22-7-3-5-9-24(22)17-26/h2-18,30H,19H2,1H3. The topological polar surface area (TPSA) is 81.7 Å². The lowest BCUT2D eigenvalue weighted by atomic mass is 10.1. The third-order valence-corrected chi connectivity index (χ3v) is 7.25. The van der Waals surface area contributed by atoms with E-state index in [0.717, 1.165) is 27.1 Å². The van der Waals surface area contributed by atoms with Crippen molar-refractivity contribution < 1.29 is 22.7 Å². The van der Waals surface area contributed by atoms with Crippen LogP contribution in [-0.2, 0) is 21.4 Å². The van der Waals surface area contributed by atoms with Crippen LogP contribution >= 0.6 is 0 Å². The van der Waals surface area contributed by atoms with Crippen LogP contribution in [0, 0.1) is 0 Å². The third kappa shape index (κ3) is 4.87. The van der Waals surface area contributed by atoms with Crippen LogP contribution in [0.4, 0.5) is 5.69 Å². The highest BCUT2D eigenvalue weighted by Crippen LogP contribution is 2.28. The molecule has 0 amide bonds. The minimum atomic E-state index is -3.96. The van der Waals surface area contributed by atoms with Crippen LogP contribution in [0.1, 0.15) is 15.9 Å². The molecule has 0 spiro atoms. The van der Waals surface area contributed by atoms with Crippen LogP contribution < -0.4 is 9.46 Å². The largest absolute Gasteiger partial charge is 0.489 e. The van der Waals surface area contributed by atoms with Crippen molar-refractivity contribution in [1.29, 1.82) is 0 Å².